The SMILES string of the molecule is CS(=O)(=O)C(C1CC2CC1C1C3CC(OC4CCCCO4)C(C3)C21)(C(F)(F)F)C(F)(F)F. The van der Waals surface area contributed by atoms with E-state index in [0.717, 1.165) is 25.7 Å². The van der Waals surface area contributed by atoms with Crippen molar-refractivity contribution in [3.63, 3.8) is 0 Å². The molecule has 9 atom stereocenters. The Morgan fingerprint density at radius 2 is 1.44 bits per heavy atom. The van der Waals surface area contributed by atoms with E-state index in [1.807, 2.05) is 0 Å². The first kappa shape index (κ1) is 23.2. The van der Waals surface area contributed by atoms with Crippen LogP contribution in [0.4, 0.5) is 26.3 Å². The number of rotatable bonds is 4. The Hall–Kier alpha value is -0.550. The van der Waals surface area contributed by atoms with Crippen LogP contribution in [0.2, 0.25) is 0 Å². The maximum Gasteiger partial charge on any atom is 0.417 e. The molecule has 4 aliphatic carbocycles. The van der Waals surface area contributed by atoms with Gasteiger partial charge < -0.3 is 9.47 Å². The molecule has 11 heteroatoms. The molecule has 32 heavy (non-hydrogen) atoms. The quantitative estimate of drug-likeness (QED) is 0.325. The minimum atomic E-state index is -5.93. The fourth-order valence-corrected chi connectivity index (χ4v) is 10.1. The van der Waals surface area contributed by atoms with E-state index in [1.54, 1.807) is 0 Å². The van der Waals surface area contributed by atoms with Crippen molar-refractivity contribution < 1.29 is 44.2 Å². The Labute approximate surface area is 183 Å². The summed E-state index contributed by atoms with van der Waals surface area (Å²) in [6, 6.07) is 0. The molecule has 4 nitrogen and oxygen atoms in total. The first-order valence-corrected chi connectivity index (χ1v) is 13.3. The summed E-state index contributed by atoms with van der Waals surface area (Å²) in [5.74, 6) is -3.38. The van der Waals surface area contributed by atoms with Crippen LogP contribution in [0.5, 0.6) is 0 Å². The normalized spacial score (nSPS) is 44.3. The van der Waals surface area contributed by atoms with Crippen LogP contribution in [-0.4, -0.2) is 50.8 Å². The minimum absolute atomic E-state index is 0.0160. The van der Waals surface area contributed by atoms with Crippen molar-refractivity contribution >= 4 is 9.84 Å². The summed E-state index contributed by atoms with van der Waals surface area (Å²) >= 11 is 0. The lowest BCUT2D eigenvalue weighted by atomic mass is 9.63. The first-order valence-electron chi connectivity index (χ1n) is 11.4. The van der Waals surface area contributed by atoms with Crippen LogP contribution in [0.25, 0.3) is 0 Å². The van der Waals surface area contributed by atoms with Crippen molar-refractivity contribution in [1.29, 1.82) is 0 Å². The molecule has 0 radical (unpaired) electrons. The molecule has 0 aromatic carbocycles. The minimum Gasteiger partial charge on any atom is -0.353 e. The highest BCUT2D eigenvalue weighted by Crippen LogP contribution is 2.73. The highest BCUT2D eigenvalue weighted by molar-refractivity contribution is 7.92. The molecule has 1 saturated heterocycles. The maximum absolute atomic E-state index is 14.1. The van der Waals surface area contributed by atoms with Crippen LogP contribution >= 0.6 is 0 Å². The van der Waals surface area contributed by atoms with Crippen molar-refractivity contribution in [1.82, 2.24) is 0 Å². The summed E-state index contributed by atoms with van der Waals surface area (Å²) in [6.07, 6.45) is -8.12. The van der Waals surface area contributed by atoms with Gasteiger partial charge in [0.05, 0.1) is 6.10 Å². The van der Waals surface area contributed by atoms with Crippen LogP contribution in [-0.2, 0) is 19.3 Å². The molecule has 0 N–H and O–H groups in total. The number of sulfone groups is 1. The van der Waals surface area contributed by atoms with Crippen molar-refractivity contribution in [2.75, 3.05) is 12.9 Å². The van der Waals surface area contributed by atoms with E-state index in [4.69, 9.17) is 9.47 Å². The van der Waals surface area contributed by atoms with Gasteiger partial charge in [-0.15, -0.1) is 0 Å². The zero-order valence-electron chi connectivity index (χ0n) is 17.7. The molecule has 0 aromatic rings. The molecule has 1 heterocycles. The zero-order valence-corrected chi connectivity index (χ0v) is 18.5. The van der Waals surface area contributed by atoms with Gasteiger partial charge in [-0.1, -0.05) is 0 Å². The van der Waals surface area contributed by atoms with Crippen molar-refractivity contribution in [3.8, 4) is 0 Å². The molecule has 4 bridgehead atoms. The number of alkyl halides is 6. The smallest absolute Gasteiger partial charge is 0.353 e. The Morgan fingerprint density at radius 3 is 2.00 bits per heavy atom. The van der Waals surface area contributed by atoms with Gasteiger partial charge in [-0.25, -0.2) is 8.42 Å². The second kappa shape index (κ2) is 7.23. The number of hydrogen-bond acceptors (Lipinski definition) is 4. The third kappa shape index (κ3) is 3.05. The second-order valence-corrected chi connectivity index (χ2v) is 12.7. The third-order valence-electron chi connectivity index (χ3n) is 9.17. The van der Waals surface area contributed by atoms with E-state index in [1.165, 1.54) is 0 Å². The second-order valence-electron chi connectivity index (χ2n) is 10.5. The standard InChI is InChI=1S/C21H28F6O4S/c1-32(28,29)19(20(22,23)24,21(25,26)27)14-8-10-6-12(14)17-11-7-13(18(10)17)15(9-11)31-16-4-2-3-5-30-16/h10-18H,2-9H2,1H3. The van der Waals surface area contributed by atoms with Gasteiger partial charge in [0.1, 0.15) is 0 Å². The number of halogens is 6. The van der Waals surface area contributed by atoms with Crippen LogP contribution in [0.3, 0.4) is 0 Å². The van der Waals surface area contributed by atoms with Gasteiger partial charge in [-0.05, 0) is 86.4 Å². The predicted molar refractivity (Wildman–Crippen MR) is 101 cm³/mol. The van der Waals surface area contributed by atoms with Crippen LogP contribution in [0, 0.1) is 41.4 Å². The average molecular weight is 491 g/mol. The molecule has 5 aliphatic rings. The maximum atomic E-state index is 14.1. The third-order valence-corrected chi connectivity index (χ3v) is 11.1. The summed E-state index contributed by atoms with van der Waals surface area (Å²) in [7, 11) is -5.51. The molecular weight excluding hydrogens is 462 g/mol. The van der Waals surface area contributed by atoms with E-state index in [-0.39, 0.29) is 61.1 Å². The van der Waals surface area contributed by atoms with Gasteiger partial charge in [0.15, 0.2) is 16.1 Å². The Bertz CT molecular complexity index is 835. The predicted octanol–water partition coefficient (Wildman–Crippen LogP) is 4.73. The lowest BCUT2D eigenvalue weighted by Crippen LogP contribution is -2.67. The fourth-order valence-electron chi connectivity index (χ4n) is 8.45. The van der Waals surface area contributed by atoms with E-state index in [2.05, 4.69) is 0 Å². The molecular formula is C21H28F6O4S. The van der Waals surface area contributed by atoms with Gasteiger partial charge >= 0.3 is 12.4 Å². The van der Waals surface area contributed by atoms with E-state index in [9.17, 15) is 34.8 Å². The van der Waals surface area contributed by atoms with Gasteiger partial charge in [0.2, 0.25) is 0 Å². The highest BCUT2D eigenvalue weighted by atomic mass is 32.2. The fraction of sp³-hybridized carbons (Fsp3) is 1.00. The molecule has 184 valence electrons. The molecule has 0 aromatic heterocycles. The molecule has 5 rings (SSSR count). The largest absolute Gasteiger partial charge is 0.417 e. The van der Waals surface area contributed by atoms with E-state index in [0.29, 0.717) is 13.0 Å². The van der Waals surface area contributed by atoms with Gasteiger partial charge in [0, 0.05) is 12.9 Å². The number of fused-ring (bicyclic) bond motifs is 9. The van der Waals surface area contributed by atoms with Crippen molar-refractivity contribution in [2.24, 2.45) is 41.4 Å². The topological polar surface area (TPSA) is 52.6 Å². The lowest BCUT2D eigenvalue weighted by molar-refractivity contribution is -0.287. The Balaban J connectivity index is 1.42. The van der Waals surface area contributed by atoms with E-state index < -0.39 is 38.8 Å². The van der Waals surface area contributed by atoms with Gasteiger partial charge in [-0.3, -0.25) is 0 Å². The van der Waals surface area contributed by atoms with Crippen LogP contribution < -0.4 is 0 Å². The van der Waals surface area contributed by atoms with E-state index >= 15 is 0 Å². The highest BCUT2D eigenvalue weighted by Gasteiger charge is 2.83. The van der Waals surface area contributed by atoms with Gasteiger partial charge in [-0.2, -0.15) is 26.3 Å². The summed E-state index contributed by atoms with van der Waals surface area (Å²) in [5, 5.41) is 0. The molecule has 9 unspecified atom stereocenters. The molecule has 5 fully saturated rings. The first-order chi connectivity index (χ1) is 14.8. The molecule has 0 spiro atoms. The Morgan fingerprint density at radius 1 is 0.844 bits per heavy atom. The number of hydrogen-bond donors (Lipinski definition) is 0. The molecule has 1 aliphatic heterocycles. The average Bonchev–Trinajstić information content (AvgIpc) is 3.37. The van der Waals surface area contributed by atoms with Crippen LogP contribution in [0.15, 0.2) is 0 Å². The van der Waals surface area contributed by atoms with Crippen molar-refractivity contribution in [2.45, 2.75) is 74.4 Å². The summed E-state index contributed by atoms with van der Waals surface area (Å²) in [4.78, 5) is 0. The molecule has 0 amide bonds. The number of ether oxygens (including phenoxy) is 2. The lowest BCUT2D eigenvalue weighted by Gasteiger charge is -2.48. The summed E-state index contributed by atoms with van der Waals surface area (Å²) in [5.41, 5.74) is 0. The summed E-state index contributed by atoms with van der Waals surface area (Å²) in [6.45, 7) is 0.631. The monoisotopic (exact) mass is 490 g/mol. The summed E-state index contributed by atoms with van der Waals surface area (Å²) < 4.78 is 116. The Kier molecular flexibility index (Phi) is 5.24. The van der Waals surface area contributed by atoms with Crippen LogP contribution in [0.1, 0.15) is 44.9 Å². The molecule has 4 saturated carbocycles. The van der Waals surface area contributed by atoms with Crippen molar-refractivity contribution in [3.05, 3.63) is 0 Å². The zero-order chi connectivity index (χ0) is 23.3. The van der Waals surface area contributed by atoms with Gasteiger partial charge in [0.25, 0.3) is 4.75 Å².